The third-order valence-electron chi connectivity index (χ3n) is 2.38. The molecule has 90 valence electrons. The molecule has 2 aromatic rings. The van der Waals surface area contributed by atoms with Gasteiger partial charge in [-0.05, 0) is 50.9 Å². The molecule has 1 atom stereocenters. The van der Waals surface area contributed by atoms with Crippen molar-refractivity contribution < 1.29 is 9.50 Å². The molecule has 0 fully saturated rings. The van der Waals surface area contributed by atoms with Gasteiger partial charge >= 0.3 is 0 Å². The first-order valence-electron chi connectivity index (χ1n) is 4.88. The fraction of sp³-hybridized carbons (Fsp3) is 0.167. The molecule has 0 amide bonds. The Labute approximate surface area is 120 Å². The SMILES string of the molecule is Cc1ccc(F)c(C(O)c2cc(Br)c(Br)s2)c1. The Kier molecular flexibility index (Phi) is 4.02. The summed E-state index contributed by atoms with van der Waals surface area (Å²) in [5, 5.41) is 10.2. The van der Waals surface area contributed by atoms with E-state index < -0.39 is 6.10 Å². The molecule has 0 bridgehead atoms. The highest BCUT2D eigenvalue weighted by atomic mass is 79.9. The Hall–Kier alpha value is -0.230. The number of aliphatic hydroxyl groups is 1. The van der Waals surface area contributed by atoms with E-state index in [4.69, 9.17) is 0 Å². The number of aliphatic hydroxyl groups excluding tert-OH is 1. The first-order chi connectivity index (χ1) is 7.99. The summed E-state index contributed by atoms with van der Waals surface area (Å²) in [7, 11) is 0. The van der Waals surface area contributed by atoms with Gasteiger partial charge in [0.15, 0.2) is 0 Å². The van der Waals surface area contributed by atoms with E-state index in [1.165, 1.54) is 17.4 Å². The van der Waals surface area contributed by atoms with E-state index in [0.29, 0.717) is 10.4 Å². The van der Waals surface area contributed by atoms with Gasteiger partial charge in [-0.1, -0.05) is 17.7 Å². The van der Waals surface area contributed by atoms with Gasteiger partial charge in [-0.15, -0.1) is 11.3 Å². The van der Waals surface area contributed by atoms with Crippen LogP contribution in [0.15, 0.2) is 32.5 Å². The predicted molar refractivity (Wildman–Crippen MR) is 74.9 cm³/mol. The Morgan fingerprint density at radius 1 is 1.29 bits per heavy atom. The van der Waals surface area contributed by atoms with Crippen molar-refractivity contribution in [2.75, 3.05) is 0 Å². The van der Waals surface area contributed by atoms with Gasteiger partial charge in [0.25, 0.3) is 0 Å². The van der Waals surface area contributed by atoms with Crippen LogP contribution in [0.1, 0.15) is 22.1 Å². The first-order valence-corrected chi connectivity index (χ1v) is 7.28. The highest BCUT2D eigenvalue weighted by Gasteiger charge is 2.18. The zero-order valence-electron chi connectivity index (χ0n) is 8.88. The molecule has 1 N–H and O–H groups in total. The summed E-state index contributed by atoms with van der Waals surface area (Å²) in [5.74, 6) is -0.385. The lowest BCUT2D eigenvalue weighted by molar-refractivity contribution is 0.218. The molecular formula is C12H9Br2FOS. The molecule has 0 saturated carbocycles. The minimum Gasteiger partial charge on any atom is -0.383 e. The number of aryl methyl sites for hydroxylation is 1. The van der Waals surface area contributed by atoms with Crippen molar-refractivity contribution in [2.45, 2.75) is 13.0 Å². The number of benzene rings is 1. The van der Waals surface area contributed by atoms with Crippen LogP contribution in [0, 0.1) is 12.7 Å². The summed E-state index contributed by atoms with van der Waals surface area (Å²) in [6.45, 7) is 1.87. The lowest BCUT2D eigenvalue weighted by Crippen LogP contribution is -2.01. The molecule has 1 aromatic carbocycles. The molecule has 1 unspecified atom stereocenters. The van der Waals surface area contributed by atoms with Crippen LogP contribution < -0.4 is 0 Å². The van der Waals surface area contributed by atoms with Gasteiger partial charge in [0.2, 0.25) is 0 Å². The quantitative estimate of drug-likeness (QED) is 0.794. The molecule has 0 radical (unpaired) electrons. The molecule has 0 aliphatic rings. The lowest BCUT2D eigenvalue weighted by atomic mass is 10.0. The summed E-state index contributed by atoms with van der Waals surface area (Å²) in [4.78, 5) is 0.702. The lowest BCUT2D eigenvalue weighted by Gasteiger charge is -2.10. The van der Waals surface area contributed by atoms with Gasteiger partial charge in [0.05, 0.1) is 3.79 Å². The third kappa shape index (κ3) is 2.78. The second-order valence-electron chi connectivity index (χ2n) is 3.70. The summed E-state index contributed by atoms with van der Waals surface area (Å²) in [6, 6.07) is 6.53. The maximum atomic E-state index is 13.6. The average Bonchev–Trinajstić information content (AvgIpc) is 2.62. The number of hydrogen-bond acceptors (Lipinski definition) is 2. The number of thiophene rings is 1. The molecule has 0 spiro atoms. The molecule has 1 nitrogen and oxygen atoms in total. The van der Waals surface area contributed by atoms with Gasteiger partial charge in [-0.3, -0.25) is 0 Å². The average molecular weight is 380 g/mol. The fourth-order valence-electron chi connectivity index (χ4n) is 1.52. The van der Waals surface area contributed by atoms with E-state index in [0.717, 1.165) is 13.8 Å². The Morgan fingerprint density at radius 2 is 2.00 bits per heavy atom. The van der Waals surface area contributed by atoms with Gasteiger partial charge in [-0.2, -0.15) is 0 Å². The summed E-state index contributed by atoms with van der Waals surface area (Å²) in [5.41, 5.74) is 1.24. The minimum absolute atomic E-state index is 0.311. The number of halogens is 3. The first kappa shape index (κ1) is 13.2. The molecule has 17 heavy (non-hydrogen) atoms. The highest BCUT2D eigenvalue weighted by molar-refractivity contribution is 9.13. The second kappa shape index (κ2) is 5.18. The standard InChI is InChI=1S/C12H9Br2FOS/c1-6-2-3-9(15)7(4-6)11(16)10-5-8(13)12(14)17-10/h2-5,11,16H,1H3. The zero-order chi connectivity index (χ0) is 12.6. The molecule has 0 saturated heterocycles. The summed E-state index contributed by atoms with van der Waals surface area (Å²) < 4.78 is 15.4. The van der Waals surface area contributed by atoms with E-state index in [2.05, 4.69) is 31.9 Å². The van der Waals surface area contributed by atoms with E-state index in [-0.39, 0.29) is 5.82 Å². The van der Waals surface area contributed by atoms with Crippen molar-refractivity contribution in [3.05, 3.63) is 54.3 Å². The second-order valence-corrected chi connectivity index (χ2v) is 6.95. The third-order valence-corrected chi connectivity index (χ3v) is 5.69. The van der Waals surface area contributed by atoms with Crippen molar-refractivity contribution in [3.8, 4) is 0 Å². The van der Waals surface area contributed by atoms with Crippen LogP contribution in [0.25, 0.3) is 0 Å². The normalized spacial score (nSPS) is 12.8. The maximum absolute atomic E-state index is 13.6. The van der Waals surface area contributed by atoms with E-state index >= 15 is 0 Å². The van der Waals surface area contributed by atoms with E-state index in [1.807, 2.05) is 6.92 Å². The molecule has 5 heteroatoms. The largest absolute Gasteiger partial charge is 0.383 e. The summed E-state index contributed by atoms with van der Waals surface area (Å²) in [6.07, 6.45) is -0.928. The Balaban J connectivity index is 2.42. The van der Waals surface area contributed by atoms with E-state index in [9.17, 15) is 9.50 Å². The van der Waals surface area contributed by atoms with Crippen LogP contribution in [0.2, 0.25) is 0 Å². The van der Waals surface area contributed by atoms with E-state index in [1.54, 1.807) is 18.2 Å². The van der Waals surface area contributed by atoms with Crippen LogP contribution in [0.5, 0.6) is 0 Å². The van der Waals surface area contributed by atoms with Crippen molar-refractivity contribution in [2.24, 2.45) is 0 Å². The van der Waals surface area contributed by atoms with Crippen LogP contribution in [0.4, 0.5) is 4.39 Å². The minimum atomic E-state index is -0.928. The monoisotopic (exact) mass is 378 g/mol. The van der Waals surface area contributed by atoms with Crippen LogP contribution >= 0.6 is 43.2 Å². The number of hydrogen-bond donors (Lipinski definition) is 1. The van der Waals surface area contributed by atoms with Crippen LogP contribution in [0.3, 0.4) is 0 Å². The molecule has 0 aliphatic carbocycles. The van der Waals surface area contributed by atoms with Crippen molar-refractivity contribution in [1.29, 1.82) is 0 Å². The van der Waals surface area contributed by atoms with Crippen molar-refractivity contribution in [3.63, 3.8) is 0 Å². The van der Waals surface area contributed by atoms with Gasteiger partial charge in [0, 0.05) is 14.9 Å². The van der Waals surface area contributed by atoms with Gasteiger partial charge < -0.3 is 5.11 Å². The predicted octanol–water partition coefficient (Wildman–Crippen LogP) is 4.80. The molecule has 0 aliphatic heterocycles. The van der Waals surface area contributed by atoms with Crippen LogP contribution in [-0.2, 0) is 0 Å². The van der Waals surface area contributed by atoms with Gasteiger partial charge in [0.1, 0.15) is 11.9 Å². The number of rotatable bonds is 2. The molecule has 1 heterocycles. The highest BCUT2D eigenvalue weighted by Crippen LogP contribution is 2.38. The molecule has 2 rings (SSSR count). The molecule has 1 aromatic heterocycles. The Bertz CT molecular complexity index is 534. The summed E-state index contributed by atoms with van der Waals surface area (Å²) >= 11 is 8.09. The smallest absolute Gasteiger partial charge is 0.129 e. The van der Waals surface area contributed by atoms with Crippen LogP contribution in [-0.4, -0.2) is 5.11 Å². The fourth-order valence-corrected chi connectivity index (χ4v) is 3.62. The maximum Gasteiger partial charge on any atom is 0.129 e. The zero-order valence-corrected chi connectivity index (χ0v) is 12.9. The topological polar surface area (TPSA) is 20.2 Å². The van der Waals surface area contributed by atoms with Crippen molar-refractivity contribution >= 4 is 43.2 Å². The van der Waals surface area contributed by atoms with Gasteiger partial charge in [-0.25, -0.2) is 4.39 Å². The molecular weight excluding hydrogens is 371 g/mol. The van der Waals surface area contributed by atoms with Crippen molar-refractivity contribution in [1.82, 2.24) is 0 Å². The Morgan fingerprint density at radius 3 is 2.59 bits per heavy atom.